The fourth-order valence-electron chi connectivity index (χ4n) is 1.06. The molecule has 0 aliphatic carbocycles. The van der Waals surface area contributed by atoms with Crippen LogP contribution in [0.25, 0.3) is 6.20 Å². The molecule has 1 heterocycles. The van der Waals surface area contributed by atoms with Crippen molar-refractivity contribution >= 4 is 6.20 Å². The van der Waals surface area contributed by atoms with Gasteiger partial charge in [0.15, 0.2) is 0 Å². The van der Waals surface area contributed by atoms with E-state index in [-0.39, 0.29) is 17.0 Å². The van der Waals surface area contributed by atoms with Crippen LogP contribution in [0.1, 0.15) is 20.3 Å². The van der Waals surface area contributed by atoms with Crippen LogP contribution in [0, 0.1) is 5.92 Å². The molecule has 0 saturated carbocycles. The second-order valence-electron chi connectivity index (χ2n) is 3.46. The van der Waals surface area contributed by atoms with Crippen molar-refractivity contribution < 1.29 is 21.5 Å². The molecular weight excluding hydrogens is 228 g/mol. The Labute approximate surface area is 90.7 Å². The first kappa shape index (κ1) is 12.4. The Morgan fingerprint density at radius 3 is 2.69 bits per heavy atom. The number of rotatable bonds is 4. The van der Waals surface area contributed by atoms with Crippen LogP contribution in [0.3, 0.4) is 0 Å². The van der Waals surface area contributed by atoms with Gasteiger partial charge in [-0.05, 0) is 12.3 Å². The van der Waals surface area contributed by atoms with Gasteiger partial charge in [0.05, 0.1) is 12.7 Å². The van der Waals surface area contributed by atoms with Crippen LogP contribution in [-0.2, 0) is 6.54 Å². The van der Waals surface area contributed by atoms with Crippen LogP contribution in [0.5, 0.6) is 0 Å². The topological polar surface area (TPSA) is 8.81 Å². The summed E-state index contributed by atoms with van der Waals surface area (Å²) < 4.78 is 4.14. The highest BCUT2D eigenvalue weighted by molar-refractivity contribution is 4.94. The summed E-state index contributed by atoms with van der Waals surface area (Å²) in [5.74, 6) is 0.768. The average Bonchev–Trinajstić information content (AvgIpc) is 2.48. The van der Waals surface area contributed by atoms with Gasteiger partial charge in [-0.1, -0.05) is 20.4 Å². The molecule has 2 nitrogen and oxygen atoms in total. The molecule has 0 unspecified atom stereocenters. The van der Waals surface area contributed by atoms with Gasteiger partial charge in [-0.3, -0.25) is 0 Å². The first-order valence-corrected chi connectivity index (χ1v) is 4.41. The molecule has 0 radical (unpaired) electrons. The number of hydrogen-bond acceptors (Lipinski definition) is 0. The van der Waals surface area contributed by atoms with Crippen molar-refractivity contribution in [1.29, 1.82) is 0 Å². The van der Waals surface area contributed by atoms with Crippen molar-refractivity contribution in [3.8, 4) is 0 Å². The van der Waals surface area contributed by atoms with Crippen LogP contribution < -0.4 is 21.5 Å². The molecule has 1 aromatic heterocycles. The molecule has 0 atom stereocenters. The summed E-state index contributed by atoms with van der Waals surface area (Å²) >= 11 is 0. The van der Waals surface area contributed by atoms with E-state index in [1.807, 2.05) is 10.8 Å². The van der Waals surface area contributed by atoms with Crippen LogP contribution in [0.4, 0.5) is 0 Å². The summed E-state index contributed by atoms with van der Waals surface area (Å²) in [6, 6.07) is 0. The molecule has 3 heteroatoms. The highest BCUT2D eigenvalue weighted by atomic mass is 79.9. The zero-order valence-corrected chi connectivity index (χ0v) is 9.87. The van der Waals surface area contributed by atoms with Crippen molar-refractivity contribution in [1.82, 2.24) is 4.57 Å². The van der Waals surface area contributed by atoms with Gasteiger partial charge in [-0.25, -0.2) is 9.13 Å². The number of imidazole rings is 1. The van der Waals surface area contributed by atoms with Crippen LogP contribution in [-0.4, -0.2) is 4.57 Å². The fraction of sp³-hybridized carbons (Fsp3) is 0.500. The Morgan fingerprint density at radius 2 is 2.23 bits per heavy atom. The quantitative estimate of drug-likeness (QED) is 0.597. The minimum atomic E-state index is 0. The van der Waals surface area contributed by atoms with Gasteiger partial charge in [-0.15, -0.1) is 0 Å². The van der Waals surface area contributed by atoms with Gasteiger partial charge in [0.2, 0.25) is 6.33 Å². The maximum atomic E-state index is 3.69. The summed E-state index contributed by atoms with van der Waals surface area (Å²) in [7, 11) is 0. The fourth-order valence-corrected chi connectivity index (χ4v) is 1.06. The van der Waals surface area contributed by atoms with Gasteiger partial charge in [-0.2, -0.15) is 0 Å². The molecule has 0 amide bonds. The van der Waals surface area contributed by atoms with Crippen molar-refractivity contribution in [3.05, 3.63) is 25.3 Å². The van der Waals surface area contributed by atoms with E-state index in [1.54, 1.807) is 6.20 Å². The number of nitrogens with zero attached hydrogens (tertiary/aromatic N) is 2. The first-order valence-electron chi connectivity index (χ1n) is 4.41. The summed E-state index contributed by atoms with van der Waals surface area (Å²) in [5, 5.41) is 0. The lowest BCUT2D eigenvalue weighted by Gasteiger charge is -1.99. The minimum absolute atomic E-state index is 0. The maximum Gasteiger partial charge on any atom is 0.248 e. The lowest BCUT2D eigenvalue weighted by Crippen LogP contribution is -3.00. The Morgan fingerprint density at radius 1 is 1.54 bits per heavy atom. The molecule has 0 saturated heterocycles. The number of aryl methyl sites for hydroxylation is 1. The van der Waals surface area contributed by atoms with E-state index < -0.39 is 0 Å². The van der Waals surface area contributed by atoms with Crippen molar-refractivity contribution in [2.24, 2.45) is 5.92 Å². The third-order valence-corrected chi connectivity index (χ3v) is 1.89. The van der Waals surface area contributed by atoms with E-state index in [4.69, 9.17) is 0 Å². The number of halogens is 1. The first-order chi connectivity index (χ1) is 5.72. The standard InChI is InChI=1S/C10H17N2.BrH/c1-4-11-7-8-12(9-11)6-5-10(2)3;/h4,7-10H,1,5-6H2,2-3H3;1H/q+1;/p-1. The summed E-state index contributed by atoms with van der Waals surface area (Å²) in [4.78, 5) is 0. The molecule has 0 aliphatic rings. The van der Waals surface area contributed by atoms with E-state index in [1.165, 1.54) is 6.42 Å². The molecular formula is C10H17BrN2. The van der Waals surface area contributed by atoms with E-state index >= 15 is 0 Å². The Kier molecular flexibility index (Phi) is 5.71. The average molecular weight is 245 g/mol. The summed E-state index contributed by atoms with van der Waals surface area (Å²) in [5.41, 5.74) is 0. The van der Waals surface area contributed by atoms with E-state index in [0.29, 0.717) is 0 Å². The second-order valence-corrected chi connectivity index (χ2v) is 3.46. The normalized spacial score (nSPS) is 9.77. The van der Waals surface area contributed by atoms with Gasteiger partial charge < -0.3 is 17.0 Å². The molecule has 13 heavy (non-hydrogen) atoms. The lowest BCUT2D eigenvalue weighted by molar-refractivity contribution is -0.567. The third kappa shape index (κ3) is 4.27. The highest BCUT2D eigenvalue weighted by Gasteiger charge is 2.01. The molecule has 0 aliphatic heterocycles. The molecule has 74 valence electrons. The second kappa shape index (κ2) is 5.97. The molecule has 0 spiro atoms. The number of hydrogen-bond donors (Lipinski definition) is 0. The molecule has 1 aromatic rings. The number of aromatic nitrogens is 2. The lowest BCUT2D eigenvalue weighted by atomic mass is 10.1. The van der Waals surface area contributed by atoms with Crippen LogP contribution in [0.2, 0.25) is 0 Å². The van der Waals surface area contributed by atoms with E-state index in [2.05, 4.69) is 37.5 Å². The van der Waals surface area contributed by atoms with Gasteiger partial charge in [0, 0.05) is 0 Å². The van der Waals surface area contributed by atoms with Crippen molar-refractivity contribution in [3.63, 3.8) is 0 Å². The Hall–Kier alpha value is -0.570. The zero-order valence-electron chi connectivity index (χ0n) is 8.28. The van der Waals surface area contributed by atoms with Crippen LogP contribution in [0.15, 0.2) is 25.3 Å². The van der Waals surface area contributed by atoms with Crippen LogP contribution >= 0.6 is 0 Å². The largest absolute Gasteiger partial charge is 1.00 e. The predicted molar refractivity (Wildman–Crippen MR) is 50.5 cm³/mol. The maximum absolute atomic E-state index is 3.69. The van der Waals surface area contributed by atoms with E-state index in [0.717, 1.165) is 12.5 Å². The molecule has 1 rings (SSSR count). The third-order valence-electron chi connectivity index (χ3n) is 1.89. The van der Waals surface area contributed by atoms with Gasteiger partial charge in [0.1, 0.15) is 12.4 Å². The predicted octanol–water partition coefficient (Wildman–Crippen LogP) is -1.07. The summed E-state index contributed by atoms with van der Waals surface area (Å²) in [6.45, 7) is 9.27. The SMILES string of the molecule is C=C[n+]1ccn(CCC(C)C)c1.[Br-]. The zero-order chi connectivity index (χ0) is 8.97. The van der Waals surface area contributed by atoms with Gasteiger partial charge >= 0.3 is 0 Å². The van der Waals surface area contributed by atoms with Crippen molar-refractivity contribution in [2.45, 2.75) is 26.8 Å². The smallest absolute Gasteiger partial charge is 0.248 e. The molecule has 0 aromatic carbocycles. The van der Waals surface area contributed by atoms with Crippen molar-refractivity contribution in [2.75, 3.05) is 0 Å². The van der Waals surface area contributed by atoms with Gasteiger partial charge in [0.25, 0.3) is 0 Å². The minimum Gasteiger partial charge on any atom is -1.00 e. The monoisotopic (exact) mass is 244 g/mol. The summed E-state index contributed by atoms with van der Waals surface area (Å²) in [6.07, 6.45) is 9.16. The molecule has 0 N–H and O–H groups in total. The molecule has 0 bridgehead atoms. The van der Waals surface area contributed by atoms with E-state index in [9.17, 15) is 0 Å². The Balaban J connectivity index is 0.00000144. The Bertz CT molecular complexity index is 253. The highest BCUT2D eigenvalue weighted by Crippen LogP contribution is 2.01. The molecule has 0 fully saturated rings.